The van der Waals surface area contributed by atoms with Crippen molar-refractivity contribution in [2.24, 2.45) is 0 Å². The minimum atomic E-state index is -0.732. The molecule has 0 aromatic heterocycles. The highest BCUT2D eigenvalue weighted by Gasteiger charge is 2.38. The lowest BCUT2D eigenvalue weighted by atomic mass is 9.79. The maximum Gasteiger partial charge on any atom is 0.337 e. The molecule has 0 saturated carbocycles. The predicted octanol–water partition coefficient (Wildman–Crippen LogP) is 1.84. The Bertz CT molecular complexity index is 679. The van der Waals surface area contributed by atoms with E-state index in [1.54, 1.807) is 12.1 Å². The van der Waals surface area contributed by atoms with Gasteiger partial charge in [0, 0.05) is 22.8 Å². The minimum absolute atomic E-state index is 0.0822. The van der Waals surface area contributed by atoms with E-state index in [2.05, 4.69) is 48.4 Å². The van der Waals surface area contributed by atoms with Gasteiger partial charge in [0.2, 0.25) is 0 Å². The fourth-order valence-corrected chi connectivity index (χ4v) is 3.67. The molecule has 1 aromatic carbocycles. The molecule has 0 atom stereocenters. The number of rotatable bonds is 3. The van der Waals surface area contributed by atoms with Crippen LogP contribution in [-0.2, 0) is 14.3 Å². The van der Waals surface area contributed by atoms with Crippen LogP contribution >= 0.6 is 0 Å². The highest BCUT2D eigenvalue weighted by molar-refractivity contribution is 6.39. The van der Waals surface area contributed by atoms with Gasteiger partial charge in [-0.25, -0.2) is 4.79 Å². The minimum Gasteiger partial charge on any atom is -0.465 e. The summed E-state index contributed by atoms with van der Waals surface area (Å²) in [4.78, 5) is 35.8. The fourth-order valence-electron chi connectivity index (χ4n) is 3.67. The third kappa shape index (κ3) is 5.29. The van der Waals surface area contributed by atoms with Crippen LogP contribution in [0.15, 0.2) is 24.3 Å². The van der Waals surface area contributed by atoms with Crippen LogP contribution in [0.4, 0.5) is 5.69 Å². The molecule has 142 valence electrons. The van der Waals surface area contributed by atoms with E-state index in [4.69, 9.17) is 0 Å². The molecule has 0 aliphatic carbocycles. The maximum atomic E-state index is 12.2. The Labute approximate surface area is 153 Å². The highest BCUT2D eigenvalue weighted by atomic mass is 16.5. The average Bonchev–Trinajstić information content (AvgIpc) is 2.51. The Kier molecular flexibility index (Phi) is 5.71. The summed E-state index contributed by atoms with van der Waals surface area (Å²) in [7, 11) is 1.30. The predicted molar refractivity (Wildman–Crippen MR) is 98.9 cm³/mol. The quantitative estimate of drug-likeness (QED) is 0.564. The summed E-state index contributed by atoms with van der Waals surface area (Å²) in [5.74, 6) is -1.86. The van der Waals surface area contributed by atoms with Gasteiger partial charge in [0.05, 0.1) is 12.7 Å². The van der Waals surface area contributed by atoms with Crippen LogP contribution in [0, 0.1) is 0 Å². The topological polar surface area (TPSA) is 96.5 Å². The Morgan fingerprint density at radius 3 is 2.04 bits per heavy atom. The third-order valence-corrected chi connectivity index (χ3v) is 4.30. The van der Waals surface area contributed by atoms with Gasteiger partial charge in [0.15, 0.2) is 0 Å². The first kappa shape index (κ1) is 19.9. The number of methoxy groups -OCH3 is 1. The summed E-state index contributed by atoms with van der Waals surface area (Å²) in [5.41, 5.74) is 0.553. The molecule has 7 heteroatoms. The first-order valence-electron chi connectivity index (χ1n) is 8.61. The van der Waals surface area contributed by atoms with Gasteiger partial charge in [-0.1, -0.05) is 0 Å². The zero-order valence-corrected chi connectivity index (χ0v) is 15.9. The number of nitrogens with one attached hydrogen (secondary N) is 3. The van der Waals surface area contributed by atoms with Crippen molar-refractivity contribution in [3.05, 3.63) is 29.8 Å². The maximum absolute atomic E-state index is 12.2. The largest absolute Gasteiger partial charge is 0.465 e. The molecule has 0 spiro atoms. The normalized spacial score (nSPS) is 18.7. The molecule has 7 nitrogen and oxygen atoms in total. The van der Waals surface area contributed by atoms with E-state index in [0.29, 0.717) is 11.3 Å². The molecule has 1 aliphatic rings. The van der Waals surface area contributed by atoms with Crippen LogP contribution < -0.4 is 16.0 Å². The number of anilines is 1. The number of benzene rings is 1. The van der Waals surface area contributed by atoms with Gasteiger partial charge in [-0.3, -0.25) is 9.59 Å². The van der Waals surface area contributed by atoms with Gasteiger partial charge in [0.25, 0.3) is 0 Å². The second kappa shape index (κ2) is 7.45. The van der Waals surface area contributed by atoms with Gasteiger partial charge < -0.3 is 20.7 Å². The number of amides is 2. The zero-order chi connectivity index (χ0) is 19.5. The summed E-state index contributed by atoms with van der Waals surface area (Å²) in [5, 5.41) is 8.90. The Morgan fingerprint density at radius 1 is 1.00 bits per heavy atom. The first-order valence-corrected chi connectivity index (χ1v) is 8.61. The van der Waals surface area contributed by atoms with Gasteiger partial charge in [-0.2, -0.15) is 0 Å². The molecule has 1 aliphatic heterocycles. The molecule has 26 heavy (non-hydrogen) atoms. The lowest BCUT2D eigenvalue weighted by Gasteiger charge is -2.46. The second-order valence-electron chi connectivity index (χ2n) is 7.99. The number of piperidine rings is 1. The van der Waals surface area contributed by atoms with Crippen molar-refractivity contribution in [3.63, 3.8) is 0 Å². The fraction of sp³-hybridized carbons (Fsp3) is 0.526. The number of esters is 1. The van der Waals surface area contributed by atoms with Gasteiger partial charge in [-0.05, 0) is 64.8 Å². The van der Waals surface area contributed by atoms with Crippen molar-refractivity contribution < 1.29 is 19.1 Å². The smallest absolute Gasteiger partial charge is 0.337 e. The molecule has 0 unspecified atom stereocenters. The molecular weight excluding hydrogens is 334 g/mol. The second-order valence-corrected chi connectivity index (χ2v) is 7.99. The summed E-state index contributed by atoms with van der Waals surface area (Å²) in [6.07, 6.45) is 1.48. The van der Waals surface area contributed by atoms with Crippen LogP contribution in [0.1, 0.15) is 50.9 Å². The van der Waals surface area contributed by atoms with Crippen LogP contribution in [0.25, 0.3) is 0 Å². The summed E-state index contributed by atoms with van der Waals surface area (Å²) >= 11 is 0. The first-order chi connectivity index (χ1) is 12.0. The monoisotopic (exact) mass is 361 g/mol. The number of ether oxygens (including phenoxy) is 1. The Hall–Kier alpha value is -2.41. The third-order valence-electron chi connectivity index (χ3n) is 4.30. The number of carbonyl (C=O) groups is 3. The van der Waals surface area contributed by atoms with E-state index in [-0.39, 0.29) is 17.1 Å². The lowest BCUT2D eigenvalue weighted by Crippen LogP contribution is -2.62. The van der Waals surface area contributed by atoms with Gasteiger partial charge in [0.1, 0.15) is 0 Å². The molecule has 1 fully saturated rings. The highest BCUT2D eigenvalue weighted by Crippen LogP contribution is 2.28. The van der Waals surface area contributed by atoms with Crippen LogP contribution in [0.5, 0.6) is 0 Å². The lowest BCUT2D eigenvalue weighted by molar-refractivity contribution is -0.137. The van der Waals surface area contributed by atoms with Crippen LogP contribution in [0.3, 0.4) is 0 Å². The van der Waals surface area contributed by atoms with Crippen molar-refractivity contribution in [3.8, 4) is 0 Å². The number of hydrogen-bond donors (Lipinski definition) is 3. The SMILES string of the molecule is COC(=O)c1ccc(NC(=O)C(=O)NC2CC(C)(C)NC(C)(C)C2)cc1. The molecular formula is C19H27N3O4. The van der Waals surface area contributed by atoms with Crippen molar-refractivity contribution in [2.75, 3.05) is 12.4 Å². The molecule has 2 rings (SSSR count). The average molecular weight is 361 g/mol. The Balaban J connectivity index is 1.95. The van der Waals surface area contributed by atoms with E-state index in [9.17, 15) is 14.4 Å². The van der Waals surface area contributed by atoms with E-state index in [1.165, 1.54) is 19.2 Å². The molecule has 1 heterocycles. The van der Waals surface area contributed by atoms with Crippen molar-refractivity contribution in [1.29, 1.82) is 0 Å². The van der Waals surface area contributed by atoms with E-state index >= 15 is 0 Å². The van der Waals surface area contributed by atoms with Crippen molar-refractivity contribution in [1.82, 2.24) is 10.6 Å². The van der Waals surface area contributed by atoms with Crippen LogP contribution in [-0.4, -0.2) is 42.0 Å². The molecule has 2 amide bonds. The van der Waals surface area contributed by atoms with E-state index in [0.717, 1.165) is 12.8 Å². The molecule has 0 bridgehead atoms. The van der Waals surface area contributed by atoms with Crippen molar-refractivity contribution in [2.45, 2.75) is 57.7 Å². The summed E-state index contributed by atoms with van der Waals surface area (Å²) in [6, 6.07) is 6.07. The van der Waals surface area contributed by atoms with Gasteiger partial charge in [-0.15, -0.1) is 0 Å². The number of carbonyl (C=O) groups excluding carboxylic acids is 3. The summed E-state index contributed by atoms with van der Waals surface area (Å²) < 4.78 is 4.62. The molecule has 1 aromatic rings. The van der Waals surface area contributed by atoms with Crippen LogP contribution in [0.2, 0.25) is 0 Å². The van der Waals surface area contributed by atoms with E-state index < -0.39 is 17.8 Å². The zero-order valence-electron chi connectivity index (χ0n) is 15.9. The van der Waals surface area contributed by atoms with Crippen molar-refractivity contribution >= 4 is 23.5 Å². The van der Waals surface area contributed by atoms with Gasteiger partial charge >= 0.3 is 17.8 Å². The Morgan fingerprint density at radius 2 is 1.54 bits per heavy atom. The molecule has 0 radical (unpaired) electrons. The molecule has 1 saturated heterocycles. The van der Waals surface area contributed by atoms with E-state index in [1.807, 2.05) is 0 Å². The standard InChI is InChI=1S/C19H27N3O4/c1-18(2)10-14(11-19(3,4)22-18)21-16(24)15(23)20-13-8-6-12(7-9-13)17(25)26-5/h6-9,14,22H,10-11H2,1-5H3,(H,20,23)(H,21,24). The molecule has 3 N–H and O–H groups in total. The summed E-state index contributed by atoms with van der Waals surface area (Å²) in [6.45, 7) is 8.32. The number of hydrogen-bond acceptors (Lipinski definition) is 5.